The Balaban J connectivity index is 0. The number of hydrogen-bond donors (Lipinski definition) is 2. The Kier molecular flexibility index (Phi) is 5.02. The second-order valence-corrected chi connectivity index (χ2v) is 1.58. The zero-order chi connectivity index (χ0) is 6.08. The second kappa shape index (κ2) is 3.54. The number of carboxylic acids is 1. The zero-order valence-corrected chi connectivity index (χ0v) is 7.43. The van der Waals surface area contributed by atoms with Crippen LogP contribution in [0.4, 0.5) is 0 Å². The van der Waals surface area contributed by atoms with Crippen molar-refractivity contribution < 1.29 is 47.7 Å². The second-order valence-electron chi connectivity index (χ2n) is 1.58. The Morgan fingerprint density at radius 2 is 1.88 bits per heavy atom. The maximum atomic E-state index is 9.71. The van der Waals surface area contributed by atoms with Gasteiger partial charge in [0, 0.05) is 38.3 Å². The Morgan fingerprint density at radius 3 is 1.88 bits per heavy atom. The van der Waals surface area contributed by atoms with Crippen LogP contribution in [-0.2, 0) is 37.5 Å². The van der Waals surface area contributed by atoms with Gasteiger partial charge in [-0.15, -0.1) is 0 Å². The van der Waals surface area contributed by atoms with Gasteiger partial charge in [0.25, 0.3) is 0 Å². The van der Waals surface area contributed by atoms with Crippen LogP contribution in [-0.4, -0.2) is 21.8 Å². The number of aliphatic hydroxyl groups is 1. The molecule has 45 valence electrons. The molecule has 0 amide bonds. The summed E-state index contributed by atoms with van der Waals surface area (Å²) in [6.45, 7) is 4.03. The first-order valence-electron chi connectivity index (χ1n) is 1.75. The minimum Gasteiger partial charge on any atom is -0.481 e. The van der Waals surface area contributed by atoms with Crippen molar-refractivity contribution in [2.75, 3.05) is 0 Å². The van der Waals surface area contributed by atoms with Gasteiger partial charge in [0.1, 0.15) is 0 Å². The van der Waals surface area contributed by atoms with E-state index in [1.807, 2.05) is 0 Å². The smallest absolute Gasteiger partial charge is 0.303 e. The van der Waals surface area contributed by atoms with Gasteiger partial charge in [0.2, 0.25) is 0 Å². The third-order valence-corrected chi connectivity index (χ3v) is 0.461. The molecule has 0 fully saturated rings. The summed E-state index contributed by atoms with van der Waals surface area (Å²) in [5.41, 5.74) is -1.83. The molecule has 0 aliphatic carbocycles. The summed E-state index contributed by atoms with van der Waals surface area (Å²) in [7, 11) is 0. The topological polar surface area (TPSA) is 57.5 Å². The Labute approximate surface area is 73.0 Å². The van der Waals surface area contributed by atoms with Gasteiger partial charge in [-0.05, 0) is 0 Å². The van der Waals surface area contributed by atoms with Crippen molar-refractivity contribution in [1.29, 1.82) is 0 Å². The maximum Gasteiger partial charge on any atom is 0.303 e. The van der Waals surface area contributed by atoms with E-state index >= 15 is 0 Å². The molecule has 3 nitrogen and oxygen atoms in total. The molecular formula is C4H7O3Y-. The van der Waals surface area contributed by atoms with Crippen molar-refractivity contribution in [1.82, 2.24) is 0 Å². The summed E-state index contributed by atoms with van der Waals surface area (Å²) >= 11 is 0. The Morgan fingerprint density at radius 1 is 1.75 bits per heavy atom. The first-order valence-corrected chi connectivity index (χ1v) is 1.75. The molecule has 1 unspecified atom stereocenters. The van der Waals surface area contributed by atoms with E-state index in [4.69, 9.17) is 10.2 Å². The SMILES string of the molecule is [CH2-]C(C)(O)C(=O)O.[Y]. The van der Waals surface area contributed by atoms with Gasteiger partial charge in [-0.2, -0.15) is 0 Å². The minimum atomic E-state index is -1.83. The standard InChI is InChI=1S/C4H7O3.Y/c1-4(2,7)3(5)6;/h7H,1H2,2H3,(H,5,6);/q-1;. The van der Waals surface area contributed by atoms with E-state index in [9.17, 15) is 4.79 Å². The summed E-state index contributed by atoms with van der Waals surface area (Å²) in [6.07, 6.45) is 0. The molecule has 0 saturated heterocycles. The summed E-state index contributed by atoms with van der Waals surface area (Å²) in [4.78, 5) is 9.71. The fourth-order valence-corrected chi connectivity index (χ4v) is 0. The fourth-order valence-electron chi connectivity index (χ4n) is 0. The van der Waals surface area contributed by atoms with E-state index in [0.717, 1.165) is 6.92 Å². The maximum absolute atomic E-state index is 9.71. The molecule has 0 saturated carbocycles. The summed E-state index contributed by atoms with van der Waals surface area (Å²) in [5.74, 6) is -1.31. The molecule has 4 heteroatoms. The van der Waals surface area contributed by atoms with Crippen LogP contribution in [0.1, 0.15) is 6.92 Å². The Hall–Kier alpha value is 0.534. The molecule has 0 aromatic carbocycles. The van der Waals surface area contributed by atoms with Crippen LogP contribution >= 0.6 is 0 Å². The predicted molar refractivity (Wildman–Crippen MR) is 23.6 cm³/mol. The molecule has 8 heavy (non-hydrogen) atoms. The summed E-state index contributed by atoms with van der Waals surface area (Å²) in [6, 6.07) is 0. The van der Waals surface area contributed by atoms with Crippen molar-refractivity contribution in [2.24, 2.45) is 0 Å². The van der Waals surface area contributed by atoms with Gasteiger partial charge in [0.05, 0.1) is 0 Å². The van der Waals surface area contributed by atoms with E-state index in [1.54, 1.807) is 0 Å². The number of carboxylic acid groups (broad SMARTS) is 1. The van der Waals surface area contributed by atoms with Gasteiger partial charge in [-0.25, -0.2) is 0 Å². The average molecular weight is 192 g/mol. The number of carbonyl (C=O) groups is 1. The molecule has 1 atom stereocenters. The molecule has 0 aromatic heterocycles. The van der Waals surface area contributed by atoms with Gasteiger partial charge in [0.15, 0.2) is 0 Å². The fraction of sp³-hybridized carbons (Fsp3) is 0.500. The molecular weight excluding hydrogens is 185 g/mol. The molecule has 2 N–H and O–H groups in total. The van der Waals surface area contributed by atoms with Crippen LogP contribution in [0.15, 0.2) is 0 Å². The van der Waals surface area contributed by atoms with Crippen LogP contribution in [0.2, 0.25) is 0 Å². The van der Waals surface area contributed by atoms with Crippen molar-refractivity contribution >= 4 is 5.97 Å². The largest absolute Gasteiger partial charge is 0.481 e. The molecule has 0 bridgehead atoms. The normalized spacial score (nSPS) is 15.9. The van der Waals surface area contributed by atoms with E-state index < -0.39 is 11.6 Å². The molecule has 0 rings (SSSR count). The molecule has 0 heterocycles. The van der Waals surface area contributed by atoms with Crippen molar-refractivity contribution in [3.05, 3.63) is 6.92 Å². The summed E-state index contributed by atoms with van der Waals surface area (Å²) < 4.78 is 0. The third-order valence-electron chi connectivity index (χ3n) is 0.461. The third kappa shape index (κ3) is 4.69. The van der Waals surface area contributed by atoms with Crippen LogP contribution < -0.4 is 0 Å². The minimum absolute atomic E-state index is 0. The van der Waals surface area contributed by atoms with E-state index in [-0.39, 0.29) is 32.7 Å². The van der Waals surface area contributed by atoms with Crippen molar-refractivity contribution in [3.63, 3.8) is 0 Å². The quantitative estimate of drug-likeness (QED) is 0.558. The van der Waals surface area contributed by atoms with E-state index in [2.05, 4.69) is 6.92 Å². The molecule has 1 radical (unpaired) electrons. The molecule has 0 aliphatic rings. The van der Waals surface area contributed by atoms with Gasteiger partial charge >= 0.3 is 5.97 Å². The van der Waals surface area contributed by atoms with Gasteiger partial charge in [-0.3, -0.25) is 4.79 Å². The van der Waals surface area contributed by atoms with Crippen molar-refractivity contribution in [2.45, 2.75) is 12.5 Å². The van der Waals surface area contributed by atoms with Gasteiger partial charge in [-0.1, -0.05) is 6.92 Å². The number of aliphatic carboxylic acids is 1. The first kappa shape index (κ1) is 11.3. The van der Waals surface area contributed by atoms with Crippen LogP contribution in [0.25, 0.3) is 0 Å². The Bertz CT molecular complexity index is 83.8. The first-order chi connectivity index (χ1) is 2.94. The number of hydrogen-bond acceptors (Lipinski definition) is 2. The van der Waals surface area contributed by atoms with E-state index in [0.29, 0.717) is 0 Å². The number of rotatable bonds is 1. The van der Waals surface area contributed by atoms with Gasteiger partial charge < -0.3 is 17.1 Å². The molecule has 0 aromatic rings. The van der Waals surface area contributed by atoms with Crippen LogP contribution in [0.5, 0.6) is 0 Å². The molecule has 0 spiro atoms. The predicted octanol–water partition coefficient (Wildman–Crippen LogP) is -0.346. The average Bonchev–Trinajstić information content (AvgIpc) is 1.31. The van der Waals surface area contributed by atoms with Crippen molar-refractivity contribution in [3.8, 4) is 0 Å². The monoisotopic (exact) mass is 192 g/mol. The summed E-state index contributed by atoms with van der Waals surface area (Å²) in [5, 5.41) is 16.3. The van der Waals surface area contributed by atoms with Crippen LogP contribution in [0, 0.1) is 6.92 Å². The zero-order valence-electron chi connectivity index (χ0n) is 4.59. The van der Waals surface area contributed by atoms with Crippen LogP contribution in [0.3, 0.4) is 0 Å². The molecule has 0 aliphatic heterocycles. The van der Waals surface area contributed by atoms with E-state index in [1.165, 1.54) is 0 Å².